The van der Waals surface area contributed by atoms with Crippen LogP contribution in [0, 0.1) is 5.92 Å². The van der Waals surface area contributed by atoms with Crippen molar-refractivity contribution in [2.45, 2.75) is 6.04 Å². The molecule has 0 spiro atoms. The van der Waals surface area contributed by atoms with E-state index in [0.717, 1.165) is 15.8 Å². The molecule has 1 fully saturated rings. The molecule has 2 rings (SSSR count). The van der Waals surface area contributed by atoms with Gasteiger partial charge in [0.2, 0.25) is 5.91 Å². The molecule has 0 radical (unpaired) electrons. The molecule has 0 aliphatic carbocycles. The second-order valence-corrected chi connectivity index (χ2v) is 5.77. The van der Waals surface area contributed by atoms with Gasteiger partial charge in [-0.25, -0.2) is 0 Å². The molecule has 1 aliphatic heterocycles. The maximum atomic E-state index is 12.2. The average Bonchev–Trinajstić information content (AvgIpc) is 2.75. The van der Waals surface area contributed by atoms with E-state index >= 15 is 0 Å². The van der Waals surface area contributed by atoms with Gasteiger partial charge in [-0.15, -0.1) is 0 Å². The van der Waals surface area contributed by atoms with Crippen molar-refractivity contribution >= 4 is 33.2 Å². The fourth-order valence-corrected chi connectivity index (χ4v) is 2.43. The highest BCUT2D eigenvalue weighted by atomic mass is 79.9. The van der Waals surface area contributed by atoms with E-state index < -0.39 is 0 Å². The molecule has 104 valence electrons. The number of ether oxygens (including phenoxy) is 1. The van der Waals surface area contributed by atoms with Crippen molar-refractivity contribution in [2.75, 3.05) is 37.5 Å². The molecule has 1 aliphatic rings. The van der Waals surface area contributed by atoms with Crippen LogP contribution in [-0.2, 0) is 9.53 Å². The van der Waals surface area contributed by atoms with Gasteiger partial charge in [-0.3, -0.25) is 4.79 Å². The number of nitrogens with one attached hydrogen (secondary N) is 1. The van der Waals surface area contributed by atoms with E-state index in [1.54, 1.807) is 0 Å². The summed E-state index contributed by atoms with van der Waals surface area (Å²) in [5, 5.41) is 2.93. The van der Waals surface area contributed by atoms with Gasteiger partial charge in [-0.2, -0.15) is 0 Å². The van der Waals surface area contributed by atoms with Crippen LogP contribution in [0.4, 0.5) is 11.4 Å². The molecule has 0 bridgehead atoms. The predicted octanol–water partition coefficient (Wildman–Crippen LogP) is 1.43. The van der Waals surface area contributed by atoms with Gasteiger partial charge in [0.1, 0.15) is 0 Å². The Morgan fingerprint density at radius 2 is 2.21 bits per heavy atom. The Morgan fingerprint density at radius 1 is 1.47 bits per heavy atom. The largest absolute Gasteiger partial charge is 0.379 e. The van der Waals surface area contributed by atoms with Crippen LogP contribution >= 0.6 is 15.9 Å². The van der Waals surface area contributed by atoms with Crippen LogP contribution < -0.4 is 16.0 Å². The lowest BCUT2D eigenvalue weighted by Crippen LogP contribution is -2.37. The number of benzene rings is 1. The smallest absolute Gasteiger partial charge is 0.231 e. The fourth-order valence-electron chi connectivity index (χ4n) is 2.06. The second-order valence-electron chi connectivity index (χ2n) is 4.85. The fraction of sp³-hybridized carbons (Fsp3) is 0.462. The molecule has 1 saturated heterocycles. The van der Waals surface area contributed by atoms with E-state index in [-0.39, 0.29) is 17.9 Å². The number of nitrogens with zero attached hydrogens (tertiary/aromatic N) is 1. The molecule has 1 aromatic rings. The van der Waals surface area contributed by atoms with Crippen molar-refractivity contribution in [3.05, 3.63) is 22.7 Å². The summed E-state index contributed by atoms with van der Waals surface area (Å²) in [5.74, 6) is -0.375. The summed E-state index contributed by atoms with van der Waals surface area (Å²) in [5.41, 5.74) is 7.57. The Hall–Kier alpha value is -1.11. The summed E-state index contributed by atoms with van der Waals surface area (Å²) in [6.45, 7) is 0.829. The van der Waals surface area contributed by atoms with Crippen molar-refractivity contribution in [3.63, 3.8) is 0 Å². The van der Waals surface area contributed by atoms with Crippen molar-refractivity contribution < 1.29 is 9.53 Å². The van der Waals surface area contributed by atoms with E-state index in [4.69, 9.17) is 10.5 Å². The van der Waals surface area contributed by atoms with Crippen LogP contribution in [0.3, 0.4) is 0 Å². The Kier molecular flexibility index (Phi) is 4.44. The van der Waals surface area contributed by atoms with Gasteiger partial charge in [0.25, 0.3) is 0 Å². The highest BCUT2D eigenvalue weighted by molar-refractivity contribution is 9.10. The number of hydrogen-bond acceptors (Lipinski definition) is 4. The molecule has 3 N–H and O–H groups in total. The third-order valence-corrected chi connectivity index (χ3v) is 3.65. The van der Waals surface area contributed by atoms with Crippen LogP contribution in [0.1, 0.15) is 0 Å². The van der Waals surface area contributed by atoms with Crippen molar-refractivity contribution in [3.8, 4) is 0 Å². The standard InChI is InChI=1S/C13H18BrN3O2/c1-17(2)12-4-3-8(14)5-11(12)16-13(18)9-6-19-7-10(9)15/h3-5,9-10H,6-7,15H2,1-2H3,(H,16,18). The first-order valence-electron chi connectivity index (χ1n) is 6.10. The summed E-state index contributed by atoms with van der Waals surface area (Å²) in [4.78, 5) is 14.2. The summed E-state index contributed by atoms with van der Waals surface area (Å²) in [6.07, 6.45) is 0. The van der Waals surface area contributed by atoms with E-state index in [1.807, 2.05) is 37.2 Å². The summed E-state index contributed by atoms with van der Waals surface area (Å²) in [6, 6.07) is 5.55. The number of carbonyl (C=O) groups is 1. The topological polar surface area (TPSA) is 67.6 Å². The minimum Gasteiger partial charge on any atom is -0.379 e. The van der Waals surface area contributed by atoms with Gasteiger partial charge in [0.05, 0.1) is 30.5 Å². The van der Waals surface area contributed by atoms with Gasteiger partial charge in [0, 0.05) is 24.6 Å². The maximum Gasteiger partial charge on any atom is 0.231 e. The van der Waals surface area contributed by atoms with Crippen molar-refractivity contribution in [1.82, 2.24) is 0 Å². The number of carbonyl (C=O) groups excluding carboxylic acids is 1. The molecule has 1 heterocycles. The number of halogens is 1. The number of amides is 1. The summed E-state index contributed by atoms with van der Waals surface area (Å²) in [7, 11) is 3.87. The lowest BCUT2D eigenvalue weighted by molar-refractivity contribution is -0.120. The van der Waals surface area contributed by atoms with Crippen molar-refractivity contribution in [1.29, 1.82) is 0 Å². The lowest BCUT2D eigenvalue weighted by atomic mass is 10.0. The van der Waals surface area contributed by atoms with Crippen LogP contribution in [0.2, 0.25) is 0 Å². The highest BCUT2D eigenvalue weighted by Gasteiger charge is 2.31. The second kappa shape index (κ2) is 5.90. The first-order chi connectivity index (χ1) is 8.99. The monoisotopic (exact) mass is 327 g/mol. The number of anilines is 2. The number of hydrogen-bond donors (Lipinski definition) is 2. The van der Waals surface area contributed by atoms with Gasteiger partial charge >= 0.3 is 0 Å². The quantitative estimate of drug-likeness (QED) is 0.881. The van der Waals surface area contributed by atoms with E-state index in [2.05, 4.69) is 21.2 Å². The summed E-state index contributed by atoms with van der Waals surface area (Å²) < 4.78 is 6.14. The molecule has 0 aromatic heterocycles. The normalized spacial score (nSPS) is 22.3. The molecule has 5 nitrogen and oxygen atoms in total. The first-order valence-corrected chi connectivity index (χ1v) is 6.89. The minimum atomic E-state index is -0.283. The Morgan fingerprint density at radius 3 is 2.79 bits per heavy atom. The molecule has 2 unspecified atom stereocenters. The van der Waals surface area contributed by atoms with Gasteiger partial charge in [-0.05, 0) is 18.2 Å². The van der Waals surface area contributed by atoms with E-state index in [1.165, 1.54) is 0 Å². The number of nitrogens with two attached hydrogens (primary N) is 1. The van der Waals surface area contributed by atoms with Crippen LogP contribution in [0.15, 0.2) is 22.7 Å². The Balaban J connectivity index is 2.18. The number of rotatable bonds is 3. The maximum absolute atomic E-state index is 12.2. The highest BCUT2D eigenvalue weighted by Crippen LogP contribution is 2.29. The minimum absolute atomic E-state index is 0.0915. The Bertz CT molecular complexity index is 479. The predicted molar refractivity (Wildman–Crippen MR) is 79.4 cm³/mol. The zero-order chi connectivity index (χ0) is 14.0. The molecule has 1 aromatic carbocycles. The molecule has 19 heavy (non-hydrogen) atoms. The zero-order valence-corrected chi connectivity index (χ0v) is 12.6. The zero-order valence-electron chi connectivity index (χ0n) is 11.0. The SMILES string of the molecule is CN(C)c1ccc(Br)cc1NC(=O)C1COCC1N. The van der Waals surface area contributed by atoms with Crippen molar-refractivity contribution in [2.24, 2.45) is 11.7 Å². The average molecular weight is 328 g/mol. The Labute approximate surface area is 121 Å². The first kappa shape index (κ1) is 14.3. The van der Waals surface area contributed by atoms with E-state index in [9.17, 15) is 4.79 Å². The van der Waals surface area contributed by atoms with Crippen LogP contribution in [-0.4, -0.2) is 39.3 Å². The van der Waals surface area contributed by atoms with Crippen LogP contribution in [0.25, 0.3) is 0 Å². The molecule has 6 heteroatoms. The molecule has 0 saturated carbocycles. The third kappa shape index (κ3) is 3.26. The van der Waals surface area contributed by atoms with Crippen LogP contribution in [0.5, 0.6) is 0 Å². The molecular formula is C13H18BrN3O2. The molecular weight excluding hydrogens is 310 g/mol. The van der Waals surface area contributed by atoms with E-state index in [0.29, 0.717) is 13.2 Å². The van der Waals surface area contributed by atoms with Gasteiger partial charge in [0.15, 0.2) is 0 Å². The summed E-state index contributed by atoms with van der Waals surface area (Å²) >= 11 is 3.41. The van der Waals surface area contributed by atoms with Gasteiger partial charge in [-0.1, -0.05) is 15.9 Å². The lowest BCUT2D eigenvalue weighted by Gasteiger charge is -2.20. The molecule has 1 amide bonds. The molecule has 2 atom stereocenters. The van der Waals surface area contributed by atoms with Gasteiger partial charge < -0.3 is 20.7 Å². The third-order valence-electron chi connectivity index (χ3n) is 3.16.